The Balaban J connectivity index is 0.000000880. The molecular formula is C19H28FN3O2. The third-order valence-corrected chi connectivity index (χ3v) is 5.74. The number of hydroxylamine groups is 1. The summed E-state index contributed by atoms with van der Waals surface area (Å²) in [6.07, 6.45) is 3.14. The molecule has 2 N–H and O–H groups in total. The van der Waals surface area contributed by atoms with Gasteiger partial charge in [-0.2, -0.15) is 0 Å². The molecular weight excluding hydrogens is 321 g/mol. The lowest BCUT2D eigenvalue weighted by molar-refractivity contribution is -0.101. The van der Waals surface area contributed by atoms with Crippen molar-refractivity contribution in [2.24, 2.45) is 5.41 Å². The quantitative estimate of drug-likeness (QED) is 0.636. The molecule has 0 aromatic heterocycles. The van der Waals surface area contributed by atoms with Crippen molar-refractivity contribution >= 4 is 5.91 Å². The second-order valence-corrected chi connectivity index (χ2v) is 7.49. The number of fused-ring (bicyclic) bond motifs is 1. The highest BCUT2D eigenvalue weighted by Gasteiger charge is 2.52. The highest BCUT2D eigenvalue weighted by Crippen LogP contribution is 2.50. The molecule has 25 heavy (non-hydrogen) atoms. The average molecular weight is 349 g/mol. The number of carbonyl (C=O) groups is 1. The fourth-order valence-electron chi connectivity index (χ4n) is 4.73. The van der Waals surface area contributed by atoms with Gasteiger partial charge in [-0.1, -0.05) is 13.8 Å². The van der Waals surface area contributed by atoms with Crippen LogP contribution in [0.5, 0.6) is 0 Å². The van der Waals surface area contributed by atoms with E-state index in [2.05, 4.69) is 16.8 Å². The van der Waals surface area contributed by atoms with Crippen molar-refractivity contribution in [3.8, 4) is 0 Å². The van der Waals surface area contributed by atoms with E-state index in [1.54, 1.807) is 11.5 Å². The molecule has 3 aliphatic rings. The largest absolute Gasteiger partial charge is 0.305 e. The van der Waals surface area contributed by atoms with Crippen LogP contribution < -0.4 is 5.48 Å². The molecule has 6 heteroatoms. The predicted molar refractivity (Wildman–Crippen MR) is 94.1 cm³/mol. The molecule has 1 aliphatic carbocycles. The summed E-state index contributed by atoms with van der Waals surface area (Å²) < 4.78 is 14.2. The van der Waals surface area contributed by atoms with E-state index in [0.717, 1.165) is 12.1 Å². The van der Waals surface area contributed by atoms with Gasteiger partial charge >= 0.3 is 0 Å². The summed E-state index contributed by atoms with van der Waals surface area (Å²) in [6, 6.07) is 3.50. The SMILES string of the molecule is CC.CN1CC2(CC(N3CCc4c(F)cc(C(=O)NO)cc4C3)C2)C1. The van der Waals surface area contributed by atoms with Crippen molar-refractivity contribution in [2.45, 2.75) is 45.7 Å². The molecule has 5 nitrogen and oxygen atoms in total. The van der Waals surface area contributed by atoms with Crippen LogP contribution >= 0.6 is 0 Å². The maximum absolute atomic E-state index is 14.2. The summed E-state index contributed by atoms with van der Waals surface area (Å²) in [5, 5.41) is 8.75. The van der Waals surface area contributed by atoms with Gasteiger partial charge in [0.2, 0.25) is 0 Å². The molecule has 1 spiro atoms. The highest BCUT2D eigenvalue weighted by molar-refractivity contribution is 5.93. The zero-order chi connectivity index (χ0) is 18.2. The number of nitrogens with one attached hydrogen (secondary N) is 1. The molecule has 4 rings (SSSR count). The number of hydrogen-bond acceptors (Lipinski definition) is 4. The van der Waals surface area contributed by atoms with Gasteiger partial charge in [-0.25, -0.2) is 9.87 Å². The Kier molecular flexibility index (Phi) is 5.14. The van der Waals surface area contributed by atoms with Gasteiger partial charge in [0.25, 0.3) is 5.91 Å². The van der Waals surface area contributed by atoms with Crippen LogP contribution in [0, 0.1) is 11.2 Å². The second kappa shape index (κ2) is 7.02. The Labute approximate surface area is 148 Å². The maximum atomic E-state index is 14.2. The lowest BCUT2D eigenvalue weighted by atomic mass is 9.60. The number of likely N-dealkylation sites (tertiary alicyclic amines) is 1. The summed E-state index contributed by atoms with van der Waals surface area (Å²) in [6.45, 7) is 7.97. The van der Waals surface area contributed by atoms with Crippen LogP contribution in [0.3, 0.4) is 0 Å². The summed E-state index contributed by atoms with van der Waals surface area (Å²) in [4.78, 5) is 16.3. The number of halogens is 1. The molecule has 1 saturated heterocycles. The third-order valence-electron chi connectivity index (χ3n) is 5.74. The van der Waals surface area contributed by atoms with Crippen LogP contribution in [-0.4, -0.2) is 53.6 Å². The van der Waals surface area contributed by atoms with E-state index >= 15 is 0 Å². The summed E-state index contributed by atoms with van der Waals surface area (Å²) >= 11 is 0. The topological polar surface area (TPSA) is 55.8 Å². The first-order chi connectivity index (χ1) is 12.0. The fraction of sp³-hybridized carbons (Fsp3) is 0.632. The smallest absolute Gasteiger partial charge is 0.274 e. The van der Waals surface area contributed by atoms with Crippen molar-refractivity contribution < 1.29 is 14.4 Å². The molecule has 2 heterocycles. The molecule has 0 bridgehead atoms. The molecule has 0 atom stereocenters. The molecule has 0 radical (unpaired) electrons. The van der Waals surface area contributed by atoms with Gasteiger partial charge in [0.05, 0.1) is 0 Å². The lowest BCUT2D eigenvalue weighted by Gasteiger charge is -2.61. The minimum absolute atomic E-state index is 0.177. The number of rotatable bonds is 2. The molecule has 1 saturated carbocycles. The number of hydrogen-bond donors (Lipinski definition) is 2. The van der Waals surface area contributed by atoms with Gasteiger partial charge in [0.15, 0.2) is 0 Å². The van der Waals surface area contributed by atoms with E-state index in [4.69, 9.17) is 5.21 Å². The van der Waals surface area contributed by atoms with E-state index in [9.17, 15) is 9.18 Å². The minimum atomic E-state index is -0.663. The van der Waals surface area contributed by atoms with Gasteiger partial charge in [-0.3, -0.25) is 14.9 Å². The normalized spacial score (nSPS) is 22.3. The fourth-order valence-corrected chi connectivity index (χ4v) is 4.73. The van der Waals surface area contributed by atoms with E-state index in [1.807, 2.05) is 13.8 Å². The zero-order valence-corrected chi connectivity index (χ0v) is 15.3. The van der Waals surface area contributed by atoms with E-state index < -0.39 is 5.91 Å². The zero-order valence-electron chi connectivity index (χ0n) is 15.3. The molecule has 1 amide bonds. The first kappa shape index (κ1) is 18.3. The average Bonchev–Trinajstić information content (AvgIpc) is 2.57. The Morgan fingerprint density at radius 2 is 2.00 bits per heavy atom. The summed E-state index contributed by atoms with van der Waals surface area (Å²) in [5.41, 5.74) is 3.88. The monoisotopic (exact) mass is 349 g/mol. The van der Waals surface area contributed by atoms with E-state index in [1.165, 1.54) is 32.0 Å². The van der Waals surface area contributed by atoms with Crippen molar-refractivity contribution in [1.82, 2.24) is 15.3 Å². The standard InChI is InChI=1S/C17H22FN3O2.C2H6/c1-20-9-17(10-20)6-13(7-17)21-3-2-14-12(8-21)4-11(5-15(14)18)16(22)19-23;1-2/h4-5,13,23H,2-3,6-10H2,1H3,(H,19,22);1-2H3. The van der Waals surface area contributed by atoms with Crippen LogP contribution in [0.1, 0.15) is 48.2 Å². The molecule has 2 aliphatic heterocycles. The van der Waals surface area contributed by atoms with Crippen molar-refractivity contribution in [3.05, 3.63) is 34.6 Å². The van der Waals surface area contributed by atoms with Crippen LogP contribution in [0.2, 0.25) is 0 Å². The van der Waals surface area contributed by atoms with Crippen LogP contribution in [-0.2, 0) is 13.0 Å². The number of carbonyl (C=O) groups excluding carboxylic acids is 1. The molecule has 0 unspecified atom stereocenters. The number of nitrogens with zero attached hydrogens (tertiary/aromatic N) is 2. The van der Waals surface area contributed by atoms with Gasteiger partial charge in [-0.05, 0) is 55.0 Å². The van der Waals surface area contributed by atoms with Crippen molar-refractivity contribution in [1.29, 1.82) is 0 Å². The number of benzene rings is 1. The maximum Gasteiger partial charge on any atom is 0.274 e. The Morgan fingerprint density at radius 1 is 1.32 bits per heavy atom. The molecule has 1 aromatic carbocycles. The van der Waals surface area contributed by atoms with E-state index in [-0.39, 0.29) is 11.4 Å². The predicted octanol–water partition coefficient (Wildman–Crippen LogP) is 2.42. The van der Waals surface area contributed by atoms with Gasteiger partial charge in [-0.15, -0.1) is 0 Å². The second-order valence-electron chi connectivity index (χ2n) is 7.49. The van der Waals surface area contributed by atoms with Gasteiger partial charge in [0, 0.05) is 37.8 Å². The van der Waals surface area contributed by atoms with E-state index in [0.29, 0.717) is 30.0 Å². The first-order valence-electron chi connectivity index (χ1n) is 9.18. The van der Waals surface area contributed by atoms with Crippen molar-refractivity contribution in [3.63, 3.8) is 0 Å². The Morgan fingerprint density at radius 3 is 2.60 bits per heavy atom. The van der Waals surface area contributed by atoms with Gasteiger partial charge in [0.1, 0.15) is 5.82 Å². The number of amides is 1. The summed E-state index contributed by atoms with van der Waals surface area (Å²) in [7, 11) is 2.16. The first-order valence-corrected chi connectivity index (χ1v) is 9.18. The lowest BCUT2D eigenvalue weighted by Crippen LogP contribution is -2.65. The Bertz CT molecular complexity index is 650. The van der Waals surface area contributed by atoms with Gasteiger partial charge < -0.3 is 4.90 Å². The van der Waals surface area contributed by atoms with Crippen LogP contribution in [0.25, 0.3) is 0 Å². The molecule has 2 fully saturated rings. The highest BCUT2D eigenvalue weighted by atomic mass is 19.1. The van der Waals surface area contributed by atoms with Crippen LogP contribution in [0.4, 0.5) is 4.39 Å². The summed E-state index contributed by atoms with van der Waals surface area (Å²) in [5.74, 6) is -1.00. The minimum Gasteiger partial charge on any atom is -0.305 e. The van der Waals surface area contributed by atoms with Crippen molar-refractivity contribution in [2.75, 3.05) is 26.7 Å². The van der Waals surface area contributed by atoms with Crippen LogP contribution in [0.15, 0.2) is 12.1 Å². The molecule has 138 valence electrons. The Hall–Kier alpha value is -1.50. The third kappa shape index (κ3) is 3.30. The molecule has 1 aromatic rings.